The number of nitrogens with one attached hydrogen (secondary N) is 1. The second-order valence-electron chi connectivity index (χ2n) is 4.33. The van der Waals surface area contributed by atoms with Gasteiger partial charge in [-0.25, -0.2) is 0 Å². The fraction of sp³-hybridized carbons (Fsp3) is 0.500. The van der Waals surface area contributed by atoms with Gasteiger partial charge in [-0.1, -0.05) is 12.1 Å². The lowest BCUT2D eigenvalue weighted by molar-refractivity contribution is 0.0538. The summed E-state index contributed by atoms with van der Waals surface area (Å²) >= 11 is 0. The zero-order valence-electron chi connectivity index (χ0n) is 9.45. The van der Waals surface area contributed by atoms with E-state index in [1.54, 1.807) is 0 Å². The average molecular weight is 242 g/mol. The molecule has 0 spiro atoms. The lowest BCUT2D eigenvalue weighted by Crippen LogP contribution is -2.38. The van der Waals surface area contributed by atoms with Gasteiger partial charge in [0.2, 0.25) is 0 Å². The van der Waals surface area contributed by atoms with E-state index in [-0.39, 0.29) is 24.6 Å². The molecule has 2 atom stereocenters. The number of rotatable bonds is 0. The smallest absolute Gasteiger partial charge is 0.165 e. The van der Waals surface area contributed by atoms with Crippen molar-refractivity contribution >= 4 is 12.4 Å². The van der Waals surface area contributed by atoms with Gasteiger partial charge in [0.05, 0.1) is 0 Å². The highest BCUT2D eigenvalue weighted by molar-refractivity contribution is 5.85. The highest BCUT2D eigenvalue weighted by Gasteiger charge is 2.36. The number of aryl methyl sites for hydroxylation is 2. The second-order valence-corrected chi connectivity index (χ2v) is 4.33. The van der Waals surface area contributed by atoms with E-state index in [1.165, 1.54) is 0 Å². The van der Waals surface area contributed by atoms with Crippen LogP contribution in [-0.4, -0.2) is 25.3 Å². The van der Waals surface area contributed by atoms with Gasteiger partial charge >= 0.3 is 0 Å². The van der Waals surface area contributed by atoms with Crippen molar-refractivity contribution in [2.75, 3.05) is 13.1 Å². The number of halogens is 1. The van der Waals surface area contributed by atoms with Crippen LogP contribution >= 0.6 is 12.4 Å². The molecule has 0 saturated carbocycles. The first-order valence-electron chi connectivity index (χ1n) is 5.40. The minimum Gasteiger partial charge on any atom is -0.481 e. The number of hydrogen-bond acceptors (Lipinski definition) is 3. The van der Waals surface area contributed by atoms with E-state index >= 15 is 0 Å². The number of fused-ring (bicyclic) bond motifs is 2. The maximum absolute atomic E-state index is 5.98. The zero-order valence-corrected chi connectivity index (χ0v) is 10.3. The van der Waals surface area contributed by atoms with Gasteiger partial charge < -0.3 is 14.8 Å². The van der Waals surface area contributed by atoms with Crippen LogP contribution in [0.4, 0.5) is 0 Å². The van der Waals surface area contributed by atoms with Crippen LogP contribution in [0.15, 0.2) is 12.1 Å². The molecule has 4 heteroatoms. The molecular weight excluding hydrogens is 226 g/mol. The van der Waals surface area contributed by atoms with Gasteiger partial charge in [0, 0.05) is 13.1 Å². The van der Waals surface area contributed by atoms with E-state index in [0.29, 0.717) is 0 Å². The average Bonchev–Trinajstić information content (AvgIpc) is 2.69. The third-order valence-corrected chi connectivity index (χ3v) is 3.15. The summed E-state index contributed by atoms with van der Waals surface area (Å²) in [4.78, 5) is 0. The summed E-state index contributed by atoms with van der Waals surface area (Å²) in [6.07, 6.45) is 0.357. The summed E-state index contributed by atoms with van der Waals surface area (Å²) < 4.78 is 12.0. The van der Waals surface area contributed by atoms with Gasteiger partial charge in [-0.05, 0) is 25.0 Å². The molecule has 88 valence electrons. The van der Waals surface area contributed by atoms with E-state index < -0.39 is 0 Å². The Balaban J connectivity index is 0.000000963. The van der Waals surface area contributed by atoms with Crippen LogP contribution in [0.5, 0.6) is 11.5 Å². The Hall–Kier alpha value is -0.930. The van der Waals surface area contributed by atoms with Gasteiger partial charge in [0.15, 0.2) is 11.5 Å². The highest BCUT2D eigenvalue weighted by atomic mass is 35.5. The normalized spacial score (nSPS) is 25.9. The third-order valence-electron chi connectivity index (χ3n) is 3.15. The van der Waals surface area contributed by atoms with Crippen molar-refractivity contribution in [3.8, 4) is 11.5 Å². The molecule has 3 nitrogen and oxygen atoms in total. The van der Waals surface area contributed by atoms with Gasteiger partial charge in [-0.3, -0.25) is 0 Å². The van der Waals surface area contributed by atoms with Crippen LogP contribution in [0.2, 0.25) is 0 Å². The maximum Gasteiger partial charge on any atom is 0.165 e. The van der Waals surface area contributed by atoms with Crippen molar-refractivity contribution in [1.29, 1.82) is 0 Å². The van der Waals surface area contributed by atoms with E-state index in [2.05, 4.69) is 31.3 Å². The molecule has 2 aliphatic heterocycles. The number of hydrogen-bond donors (Lipinski definition) is 1. The first-order valence-corrected chi connectivity index (χ1v) is 5.40. The van der Waals surface area contributed by atoms with E-state index in [9.17, 15) is 0 Å². The summed E-state index contributed by atoms with van der Waals surface area (Å²) in [7, 11) is 0. The van der Waals surface area contributed by atoms with Crippen molar-refractivity contribution in [2.24, 2.45) is 0 Å². The molecule has 0 radical (unpaired) electrons. The van der Waals surface area contributed by atoms with E-state index in [1.807, 2.05) is 0 Å². The predicted molar refractivity (Wildman–Crippen MR) is 64.9 cm³/mol. The molecule has 0 aliphatic carbocycles. The second kappa shape index (κ2) is 4.15. The molecule has 1 aromatic rings. The van der Waals surface area contributed by atoms with E-state index in [0.717, 1.165) is 35.7 Å². The Morgan fingerprint density at radius 3 is 1.88 bits per heavy atom. The molecule has 0 aromatic heterocycles. The summed E-state index contributed by atoms with van der Waals surface area (Å²) in [5, 5.41) is 3.29. The Bertz CT molecular complexity index is 371. The largest absolute Gasteiger partial charge is 0.481 e. The third kappa shape index (κ3) is 1.64. The maximum atomic E-state index is 5.98. The SMILES string of the molecule is Cc1ccc(C)c2c1O[C@H]1CNC[C@@H]1O2.Cl. The number of ether oxygens (including phenoxy) is 2. The molecule has 0 amide bonds. The molecular formula is C12H16ClNO2. The quantitative estimate of drug-likeness (QED) is 0.752. The highest BCUT2D eigenvalue weighted by Crippen LogP contribution is 2.40. The Labute approximate surface area is 102 Å². The topological polar surface area (TPSA) is 30.5 Å². The summed E-state index contributed by atoms with van der Waals surface area (Å²) in [5.74, 6) is 1.86. The molecule has 2 heterocycles. The monoisotopic (exact) mass is 241 g/mol. The van der Waals surface area contributed by atoms with Crippen LogP contribution in [0, 0.1) is 13.8 Å². The molecule has 2 aliphatic rings. The molecule has 3 rings (SSSR count). The van der Waals surface area contributed by atoms with Crippen molar-refractivity contribution in [3.05, 3.63) is 23.3 Å². The molecule has 1 aromatic carbocycles. The lowest BCUT2D eigenvalue weighted by atomic mass is 10.1. The van der Waals surface area contributed by atoms with E-state index in [4.69, 9.17) is 9.47 Å². The van der Waals surface area contributed by atoms with Crippen molar-refractivity contribution < 1.29 is 9.47 Å². The van der Waals surface area contributed by atoms with Crippen LogP contribution in [0.1, 0.15) is 11.1 Å². The Morgan fingerprint density at radius 1 is 1.00 bits per heavy atom. The summed E-state index contributed by atoms with van der Waals surface area (Å²) in [6, 6.07) is 4.17. The van der Waals surface area contributed by atoms with Crippen molar-refractivity contribution in [3.63, 3.8) is 0 Å². The summed E-state index contributed by atoms with van der Waals surface area (Å²) in [5.41, 5.74) is 2.31. The van der Waals surface area contributed by atoms with Crippen molar-refractivity contribution in [1.82, 2.24) is 5.32 Å². The molecule has 1 saturated heterocycles. The number of benzene rings is 1. The van der Waals surface area contributed by atoms with Crippen LogP contribution in [0.3, 0.4) is 0 Å². The minimum absolute atomic E-state index is 0. The Kier molecular flexibility index (Phi) is 3.00. The van der Waals surface area contributed by atoms with Gasteiger partial charge in [0.25, 0.3) is 0 Å². The van der Waals surface area contributed by atoms with Gasteiger partial charge in [0.1, 0.15) is 12.2 Å². The summed E-state index contributed by atoms with van der Waals surface area (Å²) in [6.45, 7) is 5.89. The molecule has 1 N–H and O–H groups in total. The van der Waals surface area contributed by atoms with Gasteiger partial charge in [-0.15, -0.1) is 12.4 Å². The molecule has 0 unspecified atom stereocenters. The van der Waals surface area contributed by atoms with Crippen LogP contribution < -0.4 is 14.8 Å². The fourth-order valence-electron chi connectivity index (χ4n) is 2.22. The van der Waals surface area contributed by atoms with Gasteiger partial charge in [-0.2, -0.15) is 0 Å². The zero-order chi connectivity index (χ0) is 10.4. The Morgan fingerprint density at radius 2 is 1.44 bits per heavy atom. The van der Waals surface area contributed by atoms with Crippen LogP contribution in [-0.2, 0) is 0 Å². The minimum atomic E-state index is 0. The molecule has 16 heavy (non-hydrogen) atoms. The first-order chi connectivity index (χ1) is 7.25. The standard InChI is InChI=1S/C12H15NO2.ClH/c1-7-3-4-8(2)12-11(7)14-9-5-13-6-10(9)15-12;/h3-4,9-10,13H,5-6H2,1-2H3;1H/t9-,10-;/m0./s1. The fourth-order valence-corrected chi connectivity index (χ4v) is 2.22. The lowest BCUT2D eigenvalue weighted by Gasteiger charge is -2.30. The van der Waals surface area contributed by atoms with Crippen LogP contribution in [0.25, 0.3) is 0 Å². The molecule has 0 bridgehead atoms. The predicted octanol–water partition coefficient (Wildman–Crippen LogP) is 1.84. The van der Waals surface area contributed by atoms with Crippen molar-refractivity contribution in [2.45, 2.75) is 26.1 Å². The molecule has 1 fully saturated rings. The first kappa shape index (κ1) is 11.6.